The Morgan fingerprint density at radius 3 is 1.22 bits per heavy atom. The third kappa shape index (κ3) is 16.6. The fraction of sp³-hybridized carbons (Fsp3) is 0.404. The van der Waals surface area contributed by atoms with Gasteiger partial charge in [0, 0.05) is 118 Å². The van der Waals surface area contributed by atoms with Crippen molar-refractivity contribution >= 4 is 41.4 Å². The van der Waals surface area contributed by atoms with Crippen LogP contribution >= 0.6 is 0 Å². The predicted octanol–water partition coefficient (Wildman–Crippen LogP) is -0.308. The van der Waals surface area contributed by atoms with Gasteiger partial charge in [0.25, 0.3) is 41.4 Å². The number of hydrogen-bond donors (Lipinski definition) is 14. The average Bonchev–Trinajstić information content (AvgIpc) is 3.41. The molecule has 4 aromatic carbocycles. The zero-order valence-corrected chi connectivity index (χ0v) is 43.2. The lowest BCUT2D eigenvalue weighted by Crippen LogP contribution is -2.43. The van der Waals surface area contributed by atoms with Crippen molar-refractivity contribution in [3.8, 4) is 34.5 Å². The smallest absolute Gasteiger partial charge is 0.255 e. The van der Waals surface area contributed by atoms with E-state index in [0.717, 1.165) is 35.4 Å². The van der Waals surface area contributed by atoms with Crippen molar-refractivity contribution in [2.75, 3.05) is 119 Å². The van der Waals surface area contributed by atoms with Gasteiger partial charge >= 0.3 is 0 Å². The van der Waals surface area contributed by atoms with Crippen LogP contribution in [0.1, 0.15) is 90.6 Å². The Kier molecular flexibility index (Phi) is 23.0. The molecule has 4 bridgehead atoms. The lowest BCUT2D eigenvalue weighted by molar-refractivity contribution is 0.0916. The van der Waals surface area contributed by atoms with Crippen molar-refractivity contribution in [1.29, 1.82) is 0 Å². The first-order chi connectivity index (χ1) is 37.0. The van der Waals surface area contributed by atoms with E-state index in [1.165, 1.54) is 19.2 Å². The highest BCUT2D eigenvalue weighted by Crippen LogP contribution is 2.35. The van der Waals surface area contributed by atoms with Crippen LogP contribution in [0.15, 0.2) is 54.6 Å². The molecule has 8 rings (SSSR count). The Balaban J connectivity index is 1.28. The molecule has 0 saturated carbocycles. The van der Waals surface area contributed by atoms with Crippen LogP contribution in [0.2, 0.25) is 0 Å². The van der Waals surface area contributed by atoms with Gasteiger partial charge < -0.3 is 82.6 Å². The number of nitrogens with zero attached hydrogens (tertiary/aromatic N) is 2. The maximum atomic E-state index is 13.4. The third-order valence-electron chi connectivity index (χ3n) is 12.4. The third-order valence-corrected chi connectivity index (χ3v) is 12.4. The normalized spacial score (nSPS) is 14.5. The molecule has 0 spiro atoms. The summed E-state index contributed by atoms with van der Waals surface area (Å²) in [6.45, 7) is 4.71. The summed E-state index contributed by atoms with van der Waals surface area (Å²) in [6.07, 6.45) is 0.612. The summed E-state index contributed by atoms with van der Waals surface area (Å²) >= 11 is 0. The van der Waals surface area contributed by atoms with Gasteiger partial charge in [-0.05, 0) is 60.0 Å². The molecule has 4 aliphatic rings. The summed E-state index contributed by atoms with van der Waals surface area (Å²) in [5, 5.41) is 86.6. The van der Waals surface area contributed by atoms with Crippen molar-refractivity contribution < 1.29 is 73.7 Å². The fourth-order valence-electron chi connectivity index (χ4n) is 8.09. The largest absolute Gasteiger partial charge is 0.504 e. The van der Waals surface area contributed by atoms with Crippen LogP contribution in [0.5, 0.6) is 34.5 Å². The zero-order valence-electron chi connectivity index (χ0n) is 43.2. The predicted molar refractivity (Wildman–Crippen MR) is 280 cm³/mol. The molecule has 0 fully saturated rings. The highest BCUT2D eigenvalue weighted by atomic mass is 16.5. The fourth-order valence-corrected chi connectivity index (χ4v) is 8.09. The van der Waals surface area contributed by atoms with Crippen molar-refractivity contribution in [2.24, 2.45) is 0 Å². The van der Waals surface area contributed by atoms with E-state index in [9.17, 15) is 64.2 Å². The van der Waals surface area contributed by atoms with Crippen LogP contribution in [0, 0.1) is 0 Å². The maximum Gasteiger partial charge on any atom is 0.255 e. The molecule has 4 aromatic rings. The molecule has 25 nitrogen and oxygen atoms in total. The first-order valence-corrected chi connectivity index (χ1v) is 24.9. The van der Waals surface area contributed by atoms with Crippen molar-refractivity contribution in [2.45, 2.75) is 19.9 Å². The quantitative estimate of drug-likeness (QED) is 0.0449. The molecule has 0 atom stereocenters. The number of hydrogen-bond acceptors (Lipinski definition) is 18. The summed E-state index contributed by atoms with van der Waals surface area (Å²) < 4.78 is 9.97. The lowest BCUT2D eigenvalue weighted by atomic mass is 10.0. The van der Waals surface area contributed by atoms with E-state index in [0.29, 0.717) is 31.7 Å². The summed E-state index contributed by atoms with van der Waals surface area (Å²) in [5.41, 5.74) is 0.402. The number of carbonyl (C=O) groups excluding carboxylic acids is 7. The van der Waals surface area contributed by atoms with Gasteiger partial charge in [-0.2, -0.15) is 0 Å². The van der Waals surface area contributed by atoms with E-state index in [1.807, 2.05) is 24.0 Å². The van der Waals surface area contributed by atoms with Gasteiger partial charge in [0.2, 0.25) is 0 Å². The Labute approximate surface area is 444 Å². The molecule has 0 unspecified atom stereocenters. The molecule has 0 aliphatic carbocycles. The molecule has 0 aromatic heterocycles. The van der Waals surface area contributed by atoms with Crippen LogP contribution in [-0.4, -0.2) is 201 Å². The van der Waals surface area contributed by atoms with Crippen LogP contribution in [0.25, 0.3) is 0 Å². The lowest BCUT2D eigenvalue weighted by Gasteiger charge is -2.24. The van der Waals surface area contributed by atoms with E-state index in [2.05, 4.69) is 42.5 Å². The minimum atomic E-state index is -0.859. The Bertz CT molecular complexity index is 2660. The second-order valence-electron chi connectivity index (χ2n) is 17.6. The number of rotatable bonds is 18. The van der Waals surface area contributed by atoms with Gasteiger partial charge in [-0.1, -0.05) is 19.1 Å². The van der Waals surface area contributed by atoms with Crippen molar-refractivity contribution in [3.63, 3.8) is 0 Å². The number of aryl methyl sites for hydroxylation is 1. The molecular formula is C52H68N10O15. The number of nitrogens with one attached hydrogen (secondary N) is 8. The van der Waals surface area contributed by atoms with E-state index < -0.39 is 69.9 Å². The van der Waals surface area contributed by atoms with Gasteiger partial charge in [0.05, 0.1) is 46.6 Å². The first-order valence-electron chi connectivity index (χ1n) is 24.9. The molecule has 77 heavy (non-hydrogen) atoms. The van der Waals surface area contributed by atoms with Crippen molar-refractivity contribution in [1.82, 2.24) is 52.3 Å². The van der Waals surface area contributed by atoms with E-state index in [-0.39, 0.29) is 131 Å². The highest BCUT2D eigenvalue weighted by molar-refractivity contribution is 6.05. The number of methoxy groups -OCH3 is 2. The first kappa shape index (κ1) is 59.6. The summed E-state index contributed by atoms with van der Waals surface area (Å²) in [7, 11) is 3.06. The van der Waals surface area contributed by atoms with E-state index in [1.54, 1.807) is 18.1 Å². The molecular weight excluding hydrogens is 1000 g/mol. The molecule has 4 heterocycles. The molecule has 4 aliphatic heterocycles. The number of phenolic OH excluding ortho intramolecular Hbond substituents is 6. The SMILES string of the molecule is CCc1cc(CNCCOC)ccc1C(=O)NCCN1CCNC(=O)c2ccc(c(O)c2O)C(=O)NCCN(CCNC(=O)c2ccc(C(=O)NCCOC)c(O)c2O)CCNC(=O)c2ccc(c(O)c2O)C(=O)NCC1. The van der Waals surface area contributed by atoms with Crippen LogP contribution in [-0.2, 0) is 22.4 Å². The number of phenols is 6. The van der Waals surface area contributed by atoms with E-state index in [4.69, 9.17) is 9.47 Å². The van der Waals surface area contributed by atoms with E-state index >= 15 is 0 Å². The highest BCUT2D eigenvalue weighted by Gasteiger charge is 2.25. The Morgan fingerprint density at radius 1 is 0.494 bits per heavy atom. The number of benzene rings is 4. The minimum absolute atomic E-state index is 0.0172. The molecule has 416 valence electrons. The van der Waals surface area contributed by atoms with Gasteiger partial charge in [0.15, 0.2) is 34.5 Å². The maximum absolute atomic E-state index is 13.4. The van der Waals surface area contributed by atoms with Crippen LogP contribution in [0.3, 0.4) is 0 Å². The second-order valence-corrected chi connectivity index (χ2v) is 17.6. The van der Waals surface area contributed by atoms with Gasteiger partial charge in [0.1, 0.15) is 0 Å². The summed E-state index contributed by atoms with van der Waals surface area (Å²) in [5.74, 6) is -10.1. The monoisotopic (exact) mass is 1070 g/mol. The van der Waals surface area contributed by atoms with Crippen molar-refractivity contribution in [3.05, 3.63) is 105 Å². The van der Waals surface area contributed by atoms with Crippen LogP contribution in [0.4, 0.5) is 0 Å². The summed E-state index contributed by atoms with van der Waals surface area (Å²) in [6, 6.07) is 12.6. The van der Waals surface area contributed by atoms with Gasteiger partial charge in [-0.3, -0.25) is 43.4 Å². The van der Waals surface area contributed by atoms with Gasteiger partial charge in [-0.25, -0.2) is 0 Å². The molecule has 7 amide bonds. The number of amides is 7. The molecule has 25 heteroatoms. The number of carbonyl (C=O) groups is 7. The molecule has 0 radical (unpaired) electrons. The Morgan fingerprint density at radius 2 is 0.844 bits per heavy atom. The number of aromatic hydroxyl groups is 6. The zero-order chi connectivity index (χ0) is 56.0. The minimum Gasteiger partial charge on any atom is -0.504 e. The topological polar surface area (TPSA) is 362 Å². The second kappa shape index (κ2) is 29.8. The molecule has 0 saturated heterocycles. The Hall–Kier alpha value is -8.23. The average molecular weight is 1070 g/mol. The summed E-state index contributed by atoms with van der Waals surface area (Å²) in [4.78, 5) is 95.8. The molecule has 14 N–H and O–H groups in total. The standard InChI is InChI=1S/C52H68N10O15/c1-4-32-29-31(30-53-19-27-76-2)5-6-33(32)46(69)54-13-21-61-22-14-55-47(70)34-7-9-36(42(65)40(34)63)49(72)57-16-24-62(25-17-58-50(73)37-10-8-35(41(64)43(37)66)48(71)56-15-23-61)26-18-59-51(74)38-11-12-39(45(68)44(38)67)52(75)60-20-28-77-3/h5-12,29,53,63-68H,4,13-28,30H2,1-3H3,(H,54,69)(H,55,70)(H,56,71)(H,57,72)(H,58,73)(H,59,74)(H,60,75). The number of ether oxygens (including phenoxy) is 2. The van der Waals surface area contributed by atoms with Crippen LogP contribution < -0.4 is 42.5 Å². The van der Waals surface area contributed by atoms with Gasteiger partial charge in [-0.15, -0.1) is 0 Å².